The summed E-state index contributed by atoms with van der Waals surface area (Å²) in [6, 6.07) is 14.2. The Hall–Kier alpha value is -3.85. The molecule has 2 aromatic carbocycles. The summed E-state index contributed by atoms with van der Waals surface area (Å²) in [7, 11) is 0. The van der Waals surface area contributed by atoms with E-state index in [-0.39, 0.29) is 11.3 Å². The van der Waals surface area contributed by atoms with E-state index in [1.165, 1.54) is 23.5 Å². The van der Waals surface area contributed by atoms with Crippen LogP contribution in [0.15, 0.2) is 60.1 Å². The molecule has 0 aliphatic carbocycles. The Morgan fingerprint density at radius 1 is 1.13 bits per heavy atom. The zero-order valence-electron chi connectivity index (χ0n) is 16.2. The Bertz CT molecular complexity index is 1250. The minimum absolute atomic E-state index is 0.0974. The second-order valence-electron chi connectivity index (χ2n) is 6.57. The molecule has 1 N–H and O–H groups in total. The molecule has 4 rings (SSSR count). The minimum atomic E-state index is -0.499. The molecule has 0 saturated heterocycles. The van der Waals surface area contributed by atoms with Crippen molar-refractivity contribution in [2.75, 3.05) is 5.32 Å². The number of nitro groups is 1. The SMILES string of the molecule is Cc1c(C(=O)Nc2cnc(C)n2-c2nc(-c3ccccc3)cs2)cccc1[N+](=O)[O-]. The average molecular weight is 419 g/mol. The van der Waals surface area contributed by atoms with Crippen molar-refractivity contribution in [3.05, 3.63) is 87.2 Å². The molecule has 0 atom stereocenters. The van der Waals surface area contributed by atoms with Gasteiger partial charge in [0.25, 0.3) is 11.6 Å². The molecule has 4 aromatic rings. The van der Waals surface area contributed by atoms with E-state index in [2.05, 4.69) is 15.3 Å². The maximum Gasteiger partial charge on any atom is 0.273 e. The first-order chi connectivity index (χ1) is 14.5. The van der Waals surface area contributed by atoms with Crippen LogP contribution in [0.5, 0.6) is 0 Å². The van der Waals surface area contributed by atoms with Crippen molar-refractivity contribution in [2.45, 2.75) is 13.8 Å². The van der Waals surface area contributed by atoms with E-state index in [9.17, 15) is 14.9 Å². The third-order valence-electron chi connectivity index (χ3n) is 4.68. The summed E-state index contributed by atoms with van der Waals surface area (Å²) in [6.07, 6.45) is 1.55. The molecule has 0 aliphatic rings. The van der Waals surface area contributed by atoms with Crippen LogP contribution in [0, 0.1) is 24.0 Å². The summed E-state index contributed by atoms with van der Waals surface area (Å²) in [5.74, 6) is 0.657. The molecule has 0 bridgehead atoms. The van der Waals surface area contributed by atoms with E-state index < -0.39 is 10.8 Å². The van der Waals surface area contributed by atoms with Crippen LogP contribution in [-0.4, -0.2) is 25.4 Å². The molecule has 0 unspecified atom stereocenters. The second kappa shape index (κ2) is 7.88. The van der Waals surface area contributed by atoms with Crippen molar-refractivity contribution < 1.29 is 9.72 Å². The summed E-state index contributed by atoms with van der Waals surface area (Å²) >= 11 is 1.43. The number of nitrogens with one attached hydrogen (secondary N) is 1. The summed E-state index contributed by atoms with van der Waals surface area (Å²) < 4.78 is 1.75. The predicted molar refractivity (Wildman–Crippen MR) is 115 cm³/mol. The molecular weight excluding hydrogens is 402 g/mol. The third-order valence-corrected chi connectivity index (χ3v) is 5.50. The van der Waals surface area contributed by atoms with Crippen LogP contribution >= 0.6 is 11.3 Å². The summed E-state index contributed by atoms with van der Waals surface area (Å²) in [5.41, 5.74) is 2.27. The van der Waals surface area contributed by atoms with Gasteiger partial charge in [0.1, 0.15) is 11.6 Å². The first-order valence-electron chi connectivity index (χ1n) is 9.06. The first kappa shape index (κ1) is 19.5. The lowest BCUT2D eigenvalue weighted by Gasteiger charge is -2.10. The zero-order chi connectivity index (χ0) is 21.3. The molecule has 2 heterocycles. The number of aryl methyl sites for hydroxylation is 1. The Kier molecular flexibility index (Phi) is 5.11. The number of aromatic nitrogens is 3. The normalized spacial score (nSPS) is 10.7. The van der Waals surface area contributed by atoms with Gasteiger partial charge in [0.15, 0.2) is 5.13 Å². The molecule has 0 aliphatic heterocycles. The van der Waals surface area contributed by atoms with Gasteiger partial charge in [-0.25, -0.2) is 9.97 Å². The topological polar surface area (TPSA) is 103 Å². The number of hydrogen-bond donors (Lipinski definition) is 1. The highest BCUT2D eigenvalue weighted by atomic mass is 32.1. The van der Waals surface area contributed by atoms with Crippen molar-refractivity contribution in [3.63, 3.8) is 0 Å². The monoisotopic (exact) mass is 419 g/mol. The lowest BCUT2D eigenvalue weighted by atomic mass is 10.1. The van der Waals surface area contributed by atoms with Crippen LogP contribution in [-0.2, 0) is 0 Å². The van der Waals surface area contributed by atoms with Crippen LogP contribution in [0.4, 0.5) is 11.5 Å². The molecule has 0 spiro atoms. The molecule has 0 radical (unpaired) electrons. The van der Waals surface area contributed by atoms with Crippen LogP contribution in [0.25, 0.3) is 16.4 Å². The maximum absolute atomic E-state index is 12.8. The number of anilines is 1. The van der Waals surface area contributed by atoms with E-state index in [1.54, 1.807) is 23.8 Å². The number of imidazole rings is 1. The smallest absolute Gasteiger partial charge is 0.273 e. The largest absolute Gasteiger partial charge is 0.306 e. The molecular formula is C21H17N5O3S. The number of nitrogens with zero attached hydrogens (tertiary/aromatic N) is 4. The first-order valence-corrected chi connectivity index (χ1v) is 9.94. The Labute approximate surface area is 176 Å². The van der Waals surface area contributed by atoms with Gasteiger partial charge in [0.2, 0.25) is 0 Å². The number of carbonyl (C=O) groups is 1. The number of hydrogen-bond acceptors (Lipinski definition) is 6. The van der Waals surface area contributed by atoms with Gasteiger partial charge in [0, 0.05) is 28.1 Å². The fourth-order valence-electron chi connectivity index (χ4n) is 3.13. The predicted octanol–water partition coefficient (Wildman–Crippen LogP) is 4.77. The van der Waals surface area contributed by atoms with E-state index in [4.69, 9.17) is 0 Å². The number of thiazole rings is 1. The molecule has 2 aromatic heterocycles. The van der Waals surface area contributed by atoms with Crippen LogP contribution in [0.3, 0.4) is 0 Å². The Morgan fingerprint density at radius 3 is 2.63 bits per heavy atom. The standard InChI is InChI=1S/C21H17N5O3S/c1-13-16(9-6-10-18(13)26(28)29)20(27)24-19-11-22-14(2)25(19)21-23-17(12-30-21)15-7-4-3-5-8-15/h3-12H,1-2H3,(H,24,27). The quantitative estimate of drug-likeness (QED) is 0.371. The van der Waals surface area contributed by atoms with Crippen LogP contribution in [0.1, 0.15) is 21.7 Å². The molecule has 1 amide bonds. The highest BCUT2D eigenvalue weighted by Crippen LogP contribution is 2.28. The van der Waals surface area contributed by atoms with Gasteiger partial charge in [-0.3, -0.25) is 19.5 Å². The highest BCUT2D eigenvalue weighted by molar-refractivity contribution is 7.12. The fourth-order valence-corrected chi connectivity index (χ4v) is 4.03. The van der Waals surface area contributed by atoms with Gasteiger partial charge < -0.3 is 5.32 Å². The molecule has 150 valence electrons. The molecule has 0 saturated carbocycles. The lowest BCUT2D eigenvalue weighted by molar-refractivity contribution is -0.385. The number of amides is 1. The summed E-state index contributed by atoms with van der Waals surface area (Å²) in [6.45, 7) is 3.38. The van der Waals surface area contributed by atoms with Crippen molar-refractivity contribution in [3.8, 4) is 16.4 Å². The second-order valence-corrected chi connectivity index (χ2v) is 7.40. The van der Waals surface area contributed by atoms with Gasteiger partial charge >= 0.3 is 0 Å². The van der Waals surface area contributed by atoms with Crippen molar-refractivity contribution in [1.82, 2.24) is 14.5 Å². The van der Waals surface area contributed by atoms with Gasteiger partial charge in [-0.15, -0.1) is 11.3 Å². The Morgan fingerprint density at radius 2 is 1.90 bits per heavy atom. The molecule has 30 heavy (non-hydrogen) atoms. The number of benzene rings is 2. The summed E-state index contributed by atoms with van der Waals surface area (Å²) in [5, 5.41) is 16.6. The van der Waals surface area contributed by atoms with Crippen LogP contribution < -0.4 is 5.32 Å². The van der Waals surface area contributed by atoms with Gasteiger partial charge in [-0.1, -0.05) is 36.4 Å². The van der Waals surface area contributed by atoms with Crippen molar-refractivity contribution in [1.29, 1.82) is 0 Å². The highest BCUT2D eigenvalue weighted by Gasteiger charge is 2.20. The third kappa shape index (κ3) is 3.58. The average Bonchev–Trinajstić information content (AvgIpc) is 3.35. The fraction of sp³-hybridized carbons (Fsp3) is 0.0952. The zero-order valence-corrected chi connectivity index (χ0v) is 17.0. The molecule has 9 heteroatoms. The van der Waals surface area contributed by atoms with E-state index >= 15 is 0 Å². The number of rotatable bonds is 5. The number of nitro benzene ring substituents is 1. The van der Waals surface area contributed by atoms with Gasteiger partial charge in [-0.05, 0) is 19.9 Å². The van der Waals surface area contributed by atoms with E-state index in [1.807, 2.05) is 42.6 Å². The minimum Gasteiger partial charge on any atom is -0.306 e. The van der Waals surface area contributed by atoms with Gasteiger partial charge in [0.05, 0.1) is 16.8 Å². The molecule has 8 nitrogen and oxygen atoms in total. The van der Waals surface area contributed by atoms with E-state index in [0.29, 0.717) is 22.3 Å². The summed E-state index contributed by atoms with van der Waals surface area (Å²) in [4.78, 5) is 32.5. The molecule has 0 fully saturated rings. The van der Waals surface area contributed by atoms with Crippen molar-refractivity contribution in [2.24, 2.45) is 0 Å². The lowest BCUT2D eigenvalue weighted by Crippen LogP contribution is -2.16. The van der Waals surface area contributed by atoms with Crippen molar-refractivity contribution >= 4 is 28.7 Å². The van der Waals surface area contributed by atoms with E-state index in [0.717, 1.165) is 11.3 Å². The number of carbonyl (C=O) groups excluding carboxylic acids is 1. The van der Waals surface area contributed by atoms with Gasteiger partial charge in [-0.2, -0.15) is 0 Å². The maximum atomic E-state index is 12.8. The Balaban J connectivity index is 1.66. The van der Waals surface area contributed by atoms with Crippen LogP contribution in [0.2, 0.25) is 0 Å².